The second kappa shape index (κ2) is 6.56. The molecule has 6 nitrogen and oxygen atoms in total. The summed E-state index contributed by atoms with van der Waals surface area (Å²) in [6.07, 6.45) is 4.70. The lowest BCUT2D eigenvalue weighted by molar-refractivity contribution is 0.204. The Morgan fingerprint density at radius 3 is 3.05 bits per heavy atom. The number of fused-ring (bicyclic) bond motifs is 1. The highest BCUT2D eigenvalue weighted by atomic mass is 16.5. The summed E-state index contributed by atoms with van der Waals surface area (Å²) in [7, 11) is 3.65. The smallest absolute Gasteiger partial charge is 0.189 e. The molecular formula is C13H23N5O. The van der Waals surface area contributed by atoms with Gasteiger partial charge in [-0.2, -0.15) is 5.10 Å². The first kappa shape index (κ1) is 13.9. The van der Waals surface area contributed by atoms with Gasteiger partial charge in [0.25, 0.3) is 0 Å². The van der Waals surface area contributed by atoms with Crippen LogP contribution in [0.15, 0.2) is 4.99 Å². The molecule has 1 aliphatic carbocycles. The minimum atomic E-state index is 0.461. The molecule has 106 valence electrons. The number of nitrogens with two attached hydrogens (primary N) is 1. The first-order valence-corrected chi connectivity index (χ1v) is 6.78. The van der Waals surface area contributed by atoms with E-state index < -0.39 is 0 Å². The Labute approximate surface area is 114 Å². The molecule has 6 heteroatoms. The third kappa shape index (κ3) is 3.47. The van der Waals surface area contributed by atoms with Gasteiger partial charge in [-0.15, -0.1) is 0 Å². The molecule has 3 N–H and O–H groups in total. The molecule has 0 aromatic carbocycles. The van der Waals surface area contributed by atoms with E-state index in [1.165, 1.54) is 29.8 Å². The van der Waals surface area contributed by atoms with E-state index in [2.05, 4.69) is 15.4 Å². The predicted octanol–water partition coefficient (Wildman–Crippen LogP) is 0.350. The van der Waals surface area contributed by atoms with Crippen LogP contribution in [0.3, 0.4) is 0 Å². The van der Waals surface area contributed by atoms with Crippen molar-refractivity contribution in [1.82, 2.24) is 15.1 Å². The number of nitrogens with one attached hydrogen (secondary N) is 1. The van der Waals surface area contributed by atoms with Crippen molar-refractivity contribution in [2.75, 3.05) is 20.3 Å². The molecule has 1 aromatic rings. The molecule has 0 fully saturated rings. The number of guanidine groups is 1. The Kier molecular flexibility index (Phi) is 4.79. The molecule has 0 spiro atoms. The van der Waals surface area contributed by atoms with Crippen LogP contribution in [0.1, 0.15) is 29.8 Å². The fourth-order valence-electron chi connectivity index (χ4n) is 2.44. The number of aryl methyl sites for hydroxylation is 2. The molecule has 0 radical (unpaired) electrons. The molecule has 0 atom stereocenters. The summed E-state index contributed by atoms with van der Waals surface area (Å²) in [5.74, 6) is 0.461. The third-order valence-corrected chi connectivity index (χ3v) is 3.46. The maximum absolute atomic E-state index is 5.81. The van der Waals surface area contributed by atoms with Crippen molar-refractivity contribution in [3.63, 3.8) is 0 Å². The zero-order valence-corrected chi connectivity index (χ0v) is 11.8. The number of nitrogens with zero attached hydrogens (tertiary/aromatic N) is 3. The first-order chi connectivity index (χ1) is 9.22. The average molecular weight is 265 g/mol. The van der Waals surface area contributed by atoms with Gasteiger partial charge in [0, 0.05) is 20.7 Å². The number of rotatable bonds is 5. The summed E-state index contributed by atoms with van der Waals surface area (Å²) in [6, 6.07) is 0. The minimum Gasteiger partial charge on any atom is -0.383 e. The van der Waals surface area contributed by atoms with Gasteiger partial charge >= 0.3 is 0 Å². The third-order valence-electron chi connectivity index (χ3n) is 3.46. The summed E-state index contributed by atoms with van der Waals surface area (Å²) in [5, 5.41) is 7.59. The number of aromatic nitrogens is 2. The van der Waals surface area contributed by atoms with E-state index in [9.17, 15) is 0 Å². The van der Waals surface area contributed by atoms with E-state index >= 15 is 0 Å². The fraction of sp³-hybridized carbons (Fsp3) is 0.692. The van der Waals surface area contributed by atoms with E-state index in [-0.39, 0.29) is 0 Å². The Morgan fingerprint density at radius 2 is 2.26 bits per heavy atom. The predicted molar refractivity (Wildman–Crippen MR) is 75.1 cm³/mol. The summed E-state index contributed by atoms with van der Waals surface area (Å²) in [6.45, 7) is 1.89. The van der Waals surface area contributed by atoms with Crippen LogP contribution in [-0.4, -0.2) is 36.0 Å². The van der Waals surface area contributed by atoms with Gasteiger partial charge in [0.2, 0.25) is 0 Å². The van der Waals surface area contributed by atoms with Crippen molar-refractivity contribution in [3.8, 4) is 0 Å². The Morgan fingerprint density at radius 1 is 1.47 bits per heavy atom. The van der Waals surface area contributed by atoms with Gasteiger partial charge in [-0.25, -0.2) is 4.99 Å². The summed E-state index contributed by atoms with van der Waals surface area (Å²) < 4.78 is 6.90. The molecule has 1 aromatic heterocycles. The quantitative estimate of drug-likeness (QED) is 0.457. The second-order valence-corrected chi connectivity index (χ2v) is 4.82. The van der Waals surface area contributed by atoms with Gasteiger partial charge in [-0.1, -0.05) is 0 Å². The van der Waals surface area contributed by atoms with Gasteiger partial charge in [0.05, 0.1) is 24.5 Å². The number of hydrogen-bond acceptors (Lipinski definition) is 3. The largest absolute Gasteiger partial charge is 0.383 e. The molecule has 19 heavy (non-hydrogen) atoms. The summed E-state index contributed by atoms with van der Waals surface area (Å²) in [4.78, 5) is 4.37. The number of hydrogen-bond donors (Lipinski definition) is 2. The number of ether oxygens (including phenoxy) is 1. The van der Waals surface area contributed by atoms with Crippen molar-refractivity contribution >= 4 is 5.96 Å². The van der Waals surface area contributed by atoms with Crippen LogP contribution in [0, 0.1) is 0 Å². The topological polar surface area (TPSA) is 77.5 Å². The molecule has 0 saturated carbocycles. The van der Waals surface area contributed by atoms with E-state index in [1.54, 1.807) is 7.11 Å². The highest BCUT2D eigenvalue weighted by molar-refractivity contribution is 5.77. The second-order valence-electron chi connectivity index (χ2n) is 4.82. The molecule has 1 heterocycles. The number of aliphatic imine (C=N–C) groups is 1. The fourth-order valence-corrected chi connectivity index (χ4v) is 2.44. The van der Waals surface area contributed by atoms with Crippen molar-refractivity contribution in [2.24, 2.45) is 17.8 Å². The summed E-state index contributed by atoms with van der Waals surface area (Å²) in [5.41, 5.74) is 9.61. The van der Waals surface area contributed by atoms with Gasteiger partial charge in [-0.3, -0.25) is 4.68 Å². The van der Waals surface area contributed by atoms with E-state index in [0.29, 0.717) is 25.7 Å². The zero-order valence-electron chi connectivity index (χ0n) is 11.8. The van der Waals surface area contributed by atoms with Crippen LogP contribution in [-0.2, 0) is 31.2 Å². The highest BCUT2D eigenvalue weighted by Crippen LogP contribution is 2.23. The van der Waals surface area contributed by atoms with E-state index in [4.69, 9.17) is 10.5 Å². The van der Waals surface area contributed by atoms with Gasteiger partial charge in [0.1, 0.15) is 0 Å². The summed E-state index contributed by atoms with van der Waals surface area (Å²) >= 11 is 0. The maximum atomic E-state index is 5.81. The molecule has 0 amide bonds. The molecule has 0 aliphatic heterocycles. The van der Waals surface area contributed by atoms with Gasteiger partial charge < -0.3 is 15.8 Å². The average Bonchev–Trinajstić information content (AvgIpc) is 2.72. The Balaban J connectivity index is 1.99. The molecule has 0 bridgehead atoms. The standard InChI is InChI=1S/C13H23N5O/c1-18-12(9-16-13(14)15-7-8-19-2)10-5-3-4-6-11(10)17-18/h3-9H2,1-2H3,(H3,14,15,16). The first-order valence-electron chi connectivity index (χ1n) is 6.78. The van der Waals surface area contributed by atoms with E-state index in [1.807, 2.05) is 11.7 Å². The van der Waals surface area contributed by atoms with Gasteiger partial charge in [0.15, 0.2) is 5.96 Å². The SMILES string of the molecule is COCCNC(N)=NCc1c2c(nn1C)CCCC2. The maximum Gasteiger partial charge on any atom is 0.189 e. The lowest BCUT2D eigenvalue weighted by Gasteiger charge is -2.10. The van der Waals surface area contributed by atoms with Crippen molar-refractivity contribution < 1.29 is 4.74 Å². The monoisotopic (exact) mass is 265 g/mol. The van der Waals surface area contributed by atoms with Crippen molar-refractivity contribution in [2.45, 2.75) is 32.2 Å². The Bertz CT molecular complexity index is 452. The van der Waals surface area contributed by atoms with Crippen LogP contribution < -0.4 is 11.1 Å². The van der Waals surface area contributed by atoms with Gasteiger partial charge in [-0.05, 0) is 31.2 Å². The molecule has 1 aliphatic rings. The highest BCUT2D eigenvalue weighted by Gasteiger charge is 2.18. The Hall–Kier alpha value is -1.56. The van der Waals surface area contributed by atoms with E-state index in [0.717, 1.165) is 12.8 Å². The molecule has 0 unspecified atom stereocenters. The zero-order chi connectivity index (χ0) is 13.7. The van der Waals surface area contributed by atoms with Crippen LogP contribution in [0.4, 0.5) is 0 Å². The van der Waals surface area contributed by atoms with Crippen molar-refractivity contribution in [1.29, 1.82) is 0 Å². The molecular weight excluding hydrogens is 242 g/mol. The number of methoxy groups -OCH3 is 1. The van der Waals surface area contributed by atoms with Crippen LogP contribution in [0.5, 0.6) is 0 Å². The van der Waals surface area contributed by atoms with Crippen molar-refractivity contribution in [3.05, 3.63) is 17.0 Å². The minimum absolute atomic E-state index is 0.461. The normalized spacial score (nSPS) is 15.4. The van der Waals surface area contributed by atoms with Crippen LogP contribution in [0.25, 0.3) is 0 Å². The molecule has 0 saturated heterocycles. The lowest BCUT2D eigenvalue weighted by Crippen LogP contribution is -2.34. The van der Waals surface area contributed by atoms with Crippen LogP contribution >= 0.6 is 0 Å². The van der Waals surface area contributed by atoms with Crippen LogP contribution in [0.2, 0.25) is 0 Å². The lowest BCUT2D eigenvalue weighted by atomic mass is 9.96. The molecule has 2 rings (SSSR count).